The number of aromatic hydroxyl groups is 1. The van der Waals surface area contributed by atoms with Crippen molar-refractivity contribution in [3.05, 3.63) is 46.6 Å². The fourth-order valence-electron chi connectivity index (χ4n) is 4.80. The van der Waals surface area contributed by atoms with Crippen molar-refractivity contribution in [1.82, 2.24) is 0 Å². The summed E-state index contributed by atoms with van der Waals surface area (Å²) in [5, 5.41) is 10.0. The van der Waals surface area contributed by atoms with Gasteiger partial charge < -0.3 is 9.84 Å². The van der Waals surface area contributed by atoms with Crippen LogP contribution in [-0.2, 0) is 6.42 Å². The molecule has 0 fully saturated rings. The number of phenolic OH excluding ortho intramolecular Hbond substituents is 1. The van der Waals surface area contributed by atoms with Crippen molar-refractivity contribution < 1.29 is 9.84 Å². The number of allylic oxidation sites excluding steroid dienone is 4. The normalized spacial score (nSPS) is 28.1. The molecular formula is C20H24O2. The van der Waals surface area contributed by atoms with E-state index in [1.54, 1.807) is 18.3 Å². The van der Waals surface area contributed by atoms with E-state index in [1.165, 1.54) is 30.4 Å². The first kappa shape index (κ1) is 13.9. The summed E-state index contributed by atoms with van der Waals surface area (Å²) in [4.78, 5) is 0. The van der Waals surface area contributed by atoms with Gasteiger partial charge >= 0.3 is 0 Å². The summed E-state index contributed by atoms with van der Waals surface area (Å²) in [6, 6.07) is 4.00. The van der Waals surface area contributed by atoms with E-state index in [2.05, 4.69) is 32.1 Å². The lowest BCUT2D eigenvalue weighted by atomic mass is 9.64. The minimum atomic E-state index is 0.243. The molecule has 0 radical (unpaired) electrons. The second-order valence-electron chi connectivity index (χ2n) is 7.50. The zero-order valence-electron chi connectivity index (χ0n) is 13.6. The maximum atomic E-state index is 10.0. The maximum absolute atomic E-state index is 10.0. The van der Waals surface area contributed by atoms with E-state index < -0.39 is 0 Å². The van der Waals surface area contributed by atoms with Gasteiger partial charge in [-0.3, -0.25) is 0 Å². The standard InChI is InChI=1S/C20H24O2/c1-20(2)9-8-15-13-5-4-12-10-18(21)19(22-3)11-16(12)14(13)6-7-17(15)20/h8-11,13-14,21H,4-7H2,1-3H3/t13-,14+/m1/s1. The molecular weight excluding hydrogens is 272 g/mol. The van der Waals surface area contributed by atoms with Gasteiger partial charge in [-0.2, -0.15) is 0 Å². The lowest BCUT2D eigenvalue weighted by Crippen LogP contribution is -2.27. The van der Waals surface area contributed by atoms with Crippen LogP contribution in [0.1, 0.15) is 50.2 Å². The third kappa shape index (κ3) is 1.86. The van der Waals surface area contributed by atoms with Gasteiger partial charge in [-0.25, -0.2) is 0 Å². The molecule has 2 heteroatoms. The Hall–Kier alpha value is -1.70. The minimum absolute atomic E-state index is 0.243. The Morgan fingerprint density at radius 3 is 2.68 bits per heavy atom. The van der Waals surface area contributed by atoms with Crippen molar-refractivity contribution in [2.24, 2.45) is 11.3 Å². The predicted octanol–water partition coefficient (Wildman–Crippen LogP) is 4.73. The first-order chi connectivity index (χ1) is 10.5. The van der Waals surface area contributed by atoms with Crippen LogP contribution in [0.3, 0.4) is 0 Å². The van der Waals surface area contributed by atoms with Crippen LogP contribution in [0.25, 0.3) is 0 Å². The summed E-state index contributed by atoms with van der Waals surface area (Å²) in [6.45, 7) is 4.67. The Kier molecular flexibility index (Phi) is 2.94. The molecule has 2 atom stereocenters. The minimum Gasteiger partial charge on any atom is -0.504 e. The van der Waals surface area contributed by atoms with Crippen LogP contribution < -0.4 is 4.74 Å². The Morgan fingerprint density at radius 2 is 1.91 bits per heavy atom. The van der Waals surface area contributed by atoms with Gasteiger partial charge in [0.15, 0.2) is 11.5 Å². The second kappa shape index (κ2) is 4.65. The highest BCUT2D eigenvalue weighted by Gasteiger charge is 2.41. The molecule has 4 rings (SSSR count). The highest BCUT2D eigenvalue weighted by molar-refractivity contribution is 5.53. The molecule has 0 heterocycles. The monoisotopic (exact) mass is 296 g/mol. The molecule has 0 spiro atoms. The fourth-order valence-corrected chi connectivity index (χ4v) is 4.80. The van der Waals surface area contributed by atoms with Crippen LogP contribution in [0.2, 0.25) is 0 Å². The quantitative estimate of drug-likeness (QED) is 0.811. The molecule has 0 aromatic heterocycles. The number of benzene rings is 1. The molecule has 3 aliphatic carbocycles. The highest BCUT2D eigenvalue weighted by Crippen LogP contribution is 2.55. The summed E-state index contributed by atoms with van der Waals surface area (Å²) >= 11 is 0. The van der Waals surface area contributed by atoms with Crippen molar-refractivity contribution in [2.45, 2.75) is 45.4 Å². The summed E-state index contributed by atoms with van der Waals surface area (Å²) in [5.74, 6) is 2.11. The number of phenols is 1. The van der Waals surface area contributed by atoms with Crippen LogP contribution in [0.4, 0.5) is 0 Å². The SMILES string of the molecule is COc1cc2c(cc1O)CC[C@H]1C3=C(CC[C@H]21)C(C)(C)C=C3. The van der Waals surface area contributed by atoms with Crippen molar-refractivity contribution in [3.8, 4) is 11.5 Å². The lowest BCUT2D eigenvalue weighted by Gasteiger charge is -2.40. The van der Waals surface area contributed by atoms with Gasteiger partial charge in [0.25, 0.3) is 0 Å². The van der Waals surface area contributed by atoms with E-state index in [1.807, 2.05) is 6.07 Å². The maximum Gasteiger partial charge on any atom is 0.160 e. The van der Waals surface area contributed by atoms with Crippen LogP contribution in [0.5, 0.6) is 11.5 Å². The average Bonchev–Trinajstić information content (AvgIpc) is 2.81. The zero-order valence-corrected chi connectivity index (χ0v) is 13.6. The van der Waals surface area contributed by atoms with E-state index in [4.69, 9.17) is 4.74 Å². The number of aryl methyl sites for hydroxylation is 1. The number of methoxy groups -OCH3 is 1. The molecule has 1 N–H and O–H groups in total. The highest BCUT2D eigenvalue weighted by atomic mass is 16.5. The molecule has 0 saturated heterocycles. The molecule has 0 unspecified atom stereocenters. The predicted molar refractivity (Wildman–Crippen MR) is 88.4 cm³/mol. The van der Waals surface area contributed by atoms with Crippen molar-refractivity contribution in [1.29, 1.82) is 0 Å². The van der Waals surface area contributed by atoms with Crippen LogP contribution >= 0.6 is 0 Å². The second-order valence-corrected chi connectivity index (χ2v) is 7.50. The third-order valence-corrected chi connectivity index (χ3v) is 5.96. The average molecular weight is 296 g/mol. The van der Waals surface area contributed by atoms with Gasteiger partial charge in [-0.1, -0.05) is 31.6 Å². The first-order valence-corrected chi connectivity index (χ1v) is 8.34. The molecule has 116 valence electrons. The Bertz CT molecular complexity index is 694. The lowest BCUT2D eigenvalue weighted by molar-refractivity contribution is 0.353. The van der Waals surface area contributed by atoms with Crippen LogP contribution in [0.15, 0.2) is 35.4 Å². The van der Waals surface area contributed by atoms with Gasteiger partial charge in [0.2, 0.25) is 0 Å². The Balaban J connectivity index is 1.78. The van der Waals surface area contributed by atoms with Crippen molar-refractivity contribution in [3.63, 3.8) is 0 Å². The fraction of sp³-hybridized carbons (Fsp3) is 0.500. The van der Waals surface area contributed by atoms with Gasteiger partial charge in [0, 0.05) is 5.41 Å². The first-order valence-electron chi connectivity index (χ1n) is 8.34. The van der Waals surface area contributed by atoms with Gasteiger partial charge in [-0.05, 0) is 66.4 Å². The summed E-state index contributed by atoms with van der Waals surface area (Å²) < 4.78 is 5.33. The molecule has 1 aromatic carbocycles. The number of hydrogen-bond donors (Lipinski definition) is 1. The van der Waals surface area contributed by atoms with E-state index >= 15 is 0 Å². The molecule has 0 saturated carbocycles. The molecule has 0 aliphatic heterocycles. The molecule has 0 bridgehead atoms. The largest absolute Gasteiger partial charge is 0.504 e. The number of hydrogen-bond acceptors (Lipinski definition) is 2. The number of ether oxygens (including phenoxy) is 1. The van der Waals surface area contributed by atoms with E-state index in [-0.39, 0.29) is 11.2 Å². The van der Waals surface area contributed by atoms with Crippen molar-refractivity contribution in [2.75, 3.05) is 7.11 Å². The van der Waals surface area contributed by atoms with Crippen LogP contribution in [-0.4, -0.2) is 12.2 Å². The Morgan fingerprint density at radius 1 is 1.14 bits per heavy atom. The van der Waals surface area contributed by atoms with Gasteiger partial charge in [0.05, 0.1) is 7.11 Å². The molecule has 1 aromatic rings. The number of rotatable bonds is 1. The molecule has 22 heavy (non-hydrogen) atoms. The van der Waals surface area contributed by atoms with E-state index in [0.717, 1.165) is 6.42 Å². The van der Waals surface area contributed by atoms with Crippen molar-refractivity contribution >= 4 is 0 Å². The summed E-state index contributed by atoms with van der Waals surface area (Å²) in [6.07, 6.45) is 9.43. The topological polar surface area (TPSA) is 29.5 Å². The Labute approximate surface area is 132 Å². The van der Waals surface area contributed by atoms with E-state index in [9.17, 15) is 5.11 Å². The molecule has 2 nitrogen and oxygen atoms in total. The zero-order chi connectivity index (χ0) is 15.5. The van der Waals surface area contributed by atoms with E-state index in [0.29, 0.717) is 17.6 Å². The number of fused-ring (bicyclic) bond motifs is 4. The van der Waals surface area contributed by atoms with Gasteiger partial charge in [-0.15, -0.1) is 0 Å². The summed E-state index contributed by atoms with van der Waals surface area (Å²) in [7, 11) is 1.63. The smallest absolute Gasteiger partial charge is 0.160 e. The molecule has 0 amide bonds. The van der Waals surface area contributed by atoms with Crippen LogP contribution in [0, 0.1) is 11.3 Å². The van der Waals surface area contributed by atoms with Gasteiger partial charge in [0.1, 0.15) is 0 Å². The molecule has 3 aliphatic rings. The third-order valence-electron chi connectivity index (χ3n) is 5.96. The summed E-state index contributed by atoms with van der Waals surface area (Å²) in [5.41, 5.74) is 6.20.